The van der Waals surface area contributed by atoms with E-state index in [-0.39, 0.29) is 5.91 Å². The standard InChI is InChI=1S/C11H13NOS/c1-2-6-12-11(13)10-7-8-4-3-5-9(8)14-10/h2,7H,1,3-6H2,(H,12,13). The highest BCUT2D eigenvalue weighted by Gasteiger charge is 2.17. The summed E-state index contributed by atoms with van der Waals surface area (Å²) >= 11 is 1.63. The Balaban J connectivity index is 2.09. The average Bonchev–Trinajstić information content (AvgIpc) is 2.72. The molecule has 3 heteroatoms. The SMILES string of the molecule is C=CCNC(=O)c1cc2c(s1)CCC2. The number of fused-ring (bicyclic) bond motifs is 1. The van der Waals surface area contributed by atoms with Crippen molar-refractivity contribution in [1.29, 1.82) is 0 Å². The molecule has 1 aromatic rings. The van der Waals surface area contributed by atoms with Crippen molar-refractivity contribution in [1.82, 2.24) is 5.32 Å². The molecular weight excluding hydrogens is 194 g/mol. The molecule has 0 aliphatic heterocycles. The molecule has 0 saturated heterocycles. The van der Waals surface area contributed by atoms with E-state index in [1.54, 1.807) is 17.4 Å². The van der Waals surface area contributed by atoms with Crippen LogP contribution in [0.25, 0.3) is 0 Å². The largest absolute Gasteiger partial charge is 0.348 e. The van der Waals surface area contributed by atoms with Gasteiger partial charge in [0.1, 0.15) is 0 Å². The minimum atomic E-state index is 0.0318. The summed E-state index contributed by atoms with van der Waals surface area (Å²) in [4.78, 5) is 13.8. The topological polar surface area (TPSA) is 29.1 Å². The molecule has 0 radical (unpaired) electrons. The summed E-state index contributed by atoms with van der Waals surface area (Å²) in [5.41, 5.74) is 1.37. The maximum Gasteiger partial charge on any atom is 0.261 e. The van der Waals surface area contributed by atoms with Gasteiger partial charge in [0.15, 0.2) is 0 Å². The van der Waals surface area contributed by atoms with Crippen LogP contribution in [0.2, 0.25) is 0 Å². The van der Waals surface area contributed by atoms with Gasteiger partial charge in [-0.1, -0.05) is 6.08 Å². The van der Waals surface area contributed by atoms with Crippen LogP contribution in [-0.4, -0.2) is 12.5 Å². The van der Waals surface area contributed by atoms with Gasteiger partial charge in [0, 0.05) is 11.4 Å². The van der Waals surface area contributed by atoms with E-state index in [0.717, 1.165) is 17.7 Å². The van der Waals surface area contributed by atoms with Gasteiger partial charge in [-0.2, -0.15) is 0 Å². The summed E-state index contributed by atoms with van der Waals surface area (Å²) in [6.07, 6.45) is 5.23. The first-order valence-corrected chi connectivity index (χ1v) is 5.63. The summed E-state index contributed by atoms with van der Waals surface area (Å²) in [5.74, 6) is 0.0318. The molecule has 1 aliphatic carbocycles. The van der Waals surface area contributed by atoms with Crippen LogP contribution in [0.1, 0.15) is 26.5 Å². The Kier molecular flexibility index (Phi) is 2.68. The van der Waals surface area contributed by atoms with Gasteiger partial charge in [0.05, 0.1) is 4.88 Å². The molecule has 0 spiro atoms. The van der Waals surface area contributed by atoms with Crippen molar-refractivity contribution in [3.05, 3.63) is 34.0 Å². The third-order valence-electron chi connectivity index (χ3n) is 2.38. The van der Waals surface area contributed by atoms with Gasteiger partial charge >= 0.3 is 0 Å². The van der Waals surface area contributed by atoms with Gasteiger partial charge < -0.3 is 5.32 Å². The van der Waals surface area contributed by atoms with Gasteiger partial charge in [0.2, 0.25) is 0 Å². The maximum absolute atomic E-state index is 11.6. The molecule has 2 rings (SSSR count). The number of nitrogens with one attached hydrogen (secondary N) is 1. The van der Waals surface area contributed by atoms with E-state index in [1.165, 1.54) is 16.9 Å². The lowest BCUT2D eigenvalue weighted by Gasteiger charge is -1.97. The number of thiophene rings is 1. The second-order valence-corrected chi connectivity index (χ2v) is 4.55. The first-order chi connectivity index (χ1) is 6.81. The minimum Gasteiger partial charge on any atom is -0.348 e. The van der Waals surface area contributed by atoms with Crippen LogP contribution < -0.4 is 5.32 Å². The number of aryl methyl sites for hydroxylation is 2. The monoisotopic (exact) mass is 207 g/mol. The Morgan fingerprint density at radius 3 is 3.21 bits per heavy atom. The molecule has 0 aromatic carbocycles. The predicted molar refractivity (Wildman–Crippen MR) is 58.9 cm³/mol. The first kappa shape index (κ1) is 9.46. The van der Waals surface area contributed by atoms with Gasteiger partial charge in [-0.15, -0.1) is 17.9 Å². The molecule has 1 aliphatic rings. The van der Waals surface area contributed by atoms with Crippen LogP contribution in [-0.2, 0) is 12.8 Å². The predicted octanol–water partition coefficient (Wildman–Crippen LogP) is 2.15. The van der Waals surface area contributed by atoms with Crippen molar-refractivity contribution in [2.24, 2.45) is 0 Å². The van der Waals surface area contributed by atoms with E-state index in [2.05, 4.69) is 11.9 Å². The molecule has 0 atom stereocenters. The third-order valence-corrected chi connectivity index (χ3v) is 3.61. The average molecular weight is 207 g/mol. The van der Waals surface area contributed by atoms with Crippen molar-refractivity contribution >= 4 is 17.2 Å². The van der Waals surface area contributed by atoms with Gasteiger partial charge in [-0.05, 0) is 30.9 Å². The molecule has 0 unspecified atom stereocenters. The van der Waals surface area contributed by atoms with E-state index in [9.17, 15) is 4.79 Å². The summed E-state index contributed by atoms with van der Waals surface area (Å²) in [6.45, 7) is 4.11. The van der Waals surface area contributed by atoms with Crippen LogP contribution >= 0.6 is 11.3 Å². The second kappa shape index (κ2) is 3.96. The van der Waals surface area contributed by atoms with E-state index < -0.39 is 0 Å². The van der Waals surface area contributed by atoms with Crippen molar-refractivity contribution in [2.45, 2.75) is 19.3 Å². The lowest BCUT2D eigenvalue weighted by atomic mass is 10.2. The second-order valence-electron chi connectivity index (χ2n) is 3.41. The normalized spacial score (nSPS) is 13.7. The van der Waals surface area contributed by atoms with Crippen LogP contribution in [0.5, 0.6) is 0 Å². The molecule has 0 saturated carbocycles. The third kappa shape index (κ3) is 1.73. The highest BCUT2D eigenvalue weighted by Crippen LogP contribution is 2.30. The zero-order chi connectivity index (χ0) is 9.97. The van der Waals surface area contributed by atoms with Gasteiger partial charge in [0.25, 0.3) is 5.91 Å². The summed E-state index contributed by atoms with van der Waals surface area (Å²) in [5, 5.41) is 2.79. The summed E-state index contributed by atoms with van der Waals surface area (Å²) in [7, 11) is 0. The first-order valence-electron chi connectivity index (χ1n) is 4.82. The number of carbonyl (C=O) groups is 1. The lowest BCUT2D eigenvalue weighted by molar-refractivity contribution is 0.0962. The molecule has 1 amide bonds. The molecular formula is C11H13NOS. The quantitative estimate of drug-likeness (QED) is 0.756. The van der Waals surface area contributed by atoms with Crippen LogP contribution in [0.4, 0.5) is 0 Å². The number of carbonyl (C=O) groups excluding carboxylic acids is 1. The summed E-state index contributed by atoms with van der Waals surface area (Å²) < 4.78 is 0. The maximum atomic E-state index is 11.6. The number of rotatable bonds is 3. The molecule has 74 valence electrons. The van der Waals surface area contributed by atoms with Crippen molar-refractivity contribution in [2.75, 3.05) is 6.54 Å². The molecule has 2 nitrogen and oxygen atoms in total. The van der Waals surface area contributed by atoms with Gasteiger partial charge in [-0.3, -0.25) is 4.79 Å². The summed E-state index contributed by atoms with van der Waals surface area (Å²) in [6, 6.07) is 2.03. The van der Waals surface area contributed by atoms with E-state index in [0.29, 0.717) is 6.54 Å². The lowest BCUT2D eigenvalue weighted by Crippen LogP contribution is -2.22. The molecule has 1 N–H and O–H groups in total. The number of hydrogen-bond acceptors (Lipinski definition) is 2. The zero-order valence-corrected chi connectivity index (χ0v) is 8.82. The fourth-order valence-corrected chi connectivity index (χ4v) is 2.86. The zero-order valence-electron chi connectivity index (χ0n) is 8.01. The Morgan fingerprint density at radius 1 is 1.64 bits per heavy atom. The van der Waals surface area contributed by atoms with Crippen molar-refractivity contribution in [3.63, 3.8) is 0 Å². The molecule has 14 heavy (non-hydrogen) atoms. The fraction of sp³-hybridized carbons (Fsp3) is 0.364. The molecule has 0 bridgehead atoms. The van der Waals surface area contributed by atoms with Gasteiger partial charge in [-0.25, -0.2) is 0 Å². The number of hydrogen-bond donors (Lipinski definition) is 1. The van der Waals surface area contributed by atoms with E-state index >= 15 is 0 Å². The van der Waals surface area contributed by atoms with Crippen LogP contribution in [0.3, 0.4) is 0 Å². The fourth-order valence-electron chi connectivity index (χ4n) is 1.69. The molecule has 0 fully saturated rings. The van der Waals surface area contributed by atoms with Crippen LogP contribution in [0.15, 0.2) is 18.7 Å². The highest BCUT2D eigenvalue weighted by molar-refractivity contribution is 7.14. The minimum absolute atomic E-state index is 0.0318. The van der Waals surface area contributed by atoms with E-state index in [4.69, 9.17) is 0 Å². The Bertz CT molecular complexity index is 346. The van der Waals surface area contributed by atoms with Crippen molar-refractivity contribution < 1.29 is 4.79 Å². The number of amides is 1. The Morgan fingerprint density at radius 2 is 2.50 bits per heavy atom. The Hall–Kier alpha value is -1.09. The molecule has 1 heterocycles. The smallest absolute Gasteiger partial charge is 0.261 e. The highest BCUT2D eigenvalue weighted by atomic mass is 32.1. The van der Waals surface area contributed by atoms with Crippen molar-refractivity contribution in [3.8, 4) is 0 Å². The van der Waals surface area contributed by atoms with Crippen LogP contribution in [0, 0.1) is 0 Å². The van der Waals surface area contributed by atoms with E-state index in [1.807, 2.05) is 6.07 Å². The Labute approximate surface area is 87.6 Å². The molecule has 1 aromatic heterocycles.